The van der Waals surface area contributed by atoms with Gasteiger partial charge in [-0.05, 0) is 25.0 Å². The molecule has 0 fully saturated rings. The maximum Gasteiger partial charge on any atom is 0.417 e. The Morgan fingerprint density at radius 2 is 1.88 bits per heavy atom. The predicted molar refractivity (Wildman–Crippen MR) is 57.6 cm³/mol. The van der Waals surface area contributed by atoms with E-state index in [2.05, 4.69) is 4.98 Å². The number of alkyl halides is 3. The highest BCUT2D eigenvalue weighted by Crippen LogP contribution is 2.28. The van der Waals surface area contributed by atoms with Crippen LogP contribution in [0.3, 0.4) is 0 Å². The summed E-state index contributed by atoms with van der Waals surface area (Å²) >= 11 is 0. The number of Topliss-reactive ketones (excluding diaryl/α,β-unsaturated/α-hetero) is 1. The third-order valence-electron chi connectivity index (χ3n) is 2.70. The molecule has 94 valence electrons. The monoisotopic (exact) mass is 245 g/mol. The van der Waals surface area contributed by atoms with Gasteiger partial charge in [-0.1, -0.05) is 13.8 Å². The van der Waals surface area contributed by atoms with Gasteiger partial charge in [-0.25, -0.2) is 0 Å². The van der Waals surface area contributed by atoms with E-state index < -0.39 is 11.7 Å². The Kier molecular flexibility index (Phi) is 4.26. The van der Waals surface area contributed by atoms with E-state index in [1.807, 2.05) is 13.8 Å². The first-order valence-corrected chi connectivity index (χ1v) is 5.47. The molecule has 0 aromatic carbocycles. The van der Waals surface area contributed by atoms with Crippen LogP contribution in [0.4, 0.5) is 13.2 Å². The van der Waals surface area contributed by atoms with Crippen LogP contribution in [0.2, 0.25) is 0 Å². The van der Waals surface area contributed by atoms with Gasteiger partial charge in [0, 0.05) is 12.1 Å². The van der Waals surface area contributed by atoms with Crippen LogP contribution < -0.4 is 0 Å². The minimum absolute atomic E-state index is 0.103. The molecule has 1 heterocycles. The Bertz CT molecular complexity index is 380. The standard InChI is InChI=1S/C12H14F3NO/c1-3-8(4-2)11(17)10-6-5-9(7-16-10)12(13,14)15/h5-8H,3-4H2,1-2H3. The Balaban J connectivity index is 2.91. The Morgan fingerprint density at radius 3 is 2.24 bits per heavy atom. The highest BCUT2D eigenvalue weighted by Gasteiger charge is 2.31. The summed E-state index contributed by atoms with van der Waals surface area (Å²) in [6.45, 7) is 3.74. The smallest absolute Gasteiger partial charge is 0.292 e. The average molecular weight is 245 g/mol. The molecule has 0 radical (unpaired) electrons. The van der Waals surface area contributed by atoms with E-state index in [0.717, 1.165) is 12.1 Å². The van der Waals surface area contributed by atoms with Gasteiger partial charge in [-0.3, -0.25) is 9.78 Å². The van der Waals surface area contributed by atoms with Crippen molar-refractivity contribution in [1.82, 2.24) is 4.98 Å². The SMILES string of the molecule is CCC(CC)C(=O)c1ccc(C(F)(F)F)cn1. The van der Waals surface area contributed by atoms with Crippen LogP contribution in [0.25, 0.3) is 0 Å². The van der Waals surface area contributed by atoms with Gasteiger partial charge >= 0.3 is 6.18 Å². The third kappa shape index (κ3) is 3.28. The van der Waals surface area contributed by atoms with Crippen molar-refractivity contribution >= 4 is 5.78 Å². The van der Waals surface area contributed by atoms with Gasteiger partial charge in [-0.15, -0.1) is 0 Å². The van der Waals surface area contributed by atoms with Crippen LogP contribution in [-0.2, 0) is 6.18 Å². The maximum atomic E-state index is 12.3. The molecule has 17 heavy (non-hydrogen) atoms. The van der Waals surface area contributed by atoms with E-state index >= 15 is 0 Å². The fraction of sp³-hybridized carbons (Fsp3) is 0.500. The summed E-state index contributed by atoms with van der Waals surface area (Å²) in [4.78, 5) is 15.4. The summed E-state index contributed by atoms with van der Waals surface area (Å²) in [6.07, 6.45) is -2.38. The third-order valence-corrected chi connectivity index (χ3v) is 2.70. The number of aromatic nitrogens is 1. The first-order chi connectivity index (χ1) is 7.90. The minimum atomic E-state index is -4.41. The molecule has 0 bridgehead atoms. The molecular formula is C12H14F3NO. The predicted octanol–water partition coefficient (Wildman–Crippen LogP) is 3.72. The van der Waals surface area contributed by atoms with Gasteiger partial charge in [0.25, 0.3) is 0 Å². The molecule has 0 atom stereocenters. The van der Waals surface area contributed by atoms with Crippen LogP contribution >= 0.6 is 0 Å². The number of carbonyl (C=O) groups is 1. The van der Waals surface area contributed by atoms with Crippen molar-refractivity contribution in [2.75, 3.05) is 0 Å². The Labute approximate surface area is 97.9 Å². The van der Waals surface area contributed by atoms with E-state index in [4.69, 9.17) is 0 Å². The zero-order valence-electron chi connectivity index (χ0n) is 9.71. The molecular weight excluding hydrogens is 231 g/mol. The van der Waals surface area contributed by atoms with Gasteiger partial charge < -0.3 is 0 Å². The van der Waals surface area contributed by atoms with Crippen LogP contribution in [0, 0.1) is 5.92 Å². The van der Waals surface area contributed by atoms with Gasteiger partial charge in [0.1, 0.15) is 5.69 Å². The quantitative estimate of drug-likeness (QED) is 0.757. The van der Waals surface area contributed by atoms with E-state index in [1.165, 1.54) is 0 Å². The minimum Gasteiger partial charge on any atom is -0.292 e. The number of pyridine rings is 1. The Hall–Kier alpha value is -1.39. The summed E-state index contributed by atoms with van der Waals surface area (Å²) in [6, 6.07) is 2.03. The molecule has 0 spiro atoms. The molecule has 5 heteroatoms. The van der Waals surface area contributed by atoms with E-state index in [-0.39, 0.29) is 17.4 Å². The molecule has 0 amide bonds. The molecule has 0 aliphatic rings. The maximum absolute atomic E-state index is 12.3. The lowest BCUT2D eigenvalue weighted by molar-refractivity contribution is -0.137. The summed E-state index contributed by atoms with van der Waals surface area (Å²) in [5.41, 5.74) is -0.731. The summed E-state index contributed by atoms with van der Waals surface area (Å²) in [5.74, 6) is -0.358. The number of halogens is 3. The average Bonchev–Trinajstić information content (AvgIpc) is 2.29. The molecule has 2 nitrogen and oxygen atoms in total. The number of hydrogen-bond donors (Lipinski definition) is 0. The molecule has 0 N–H and O–H groups in total. The van der Waals surface area contributed by atoms with Gasteiger partial charge in [0.2, 0.25) is 0 Å². The van der Waals surface area contributed by atoms with Crippen molar-refractivity contribution in [3.63, 3.8) is 0 Å². The summed E-state index contributed by atoms with van der Waals surface area (Å²) < 4.78 is 36.9. The first kappa shape index (κ1) is 13.7. The van der Waals surface area contributed by atoms with Crippen LogP contribution in [-0.4, -0.2) is 10.8 Å². The molecule has 0 saturated heterocycles. The molecule has 0 aliphatic heterocycles. The lowest BCUT2D eigenvalue weighted by Gasteiger charge is -2.11. The zero-order valence-corrected chi connectivity index (χ0v) is 9.71. The lowest BCUT2D eigenvalue weighted by Crippen LogP contribution is -2.15. The number of nitrogens with zero attached hydrogens (tertiary/aromatic N) is 1. The number of rotatable bonds is 4. The second-order valence-electron chi connectivity index (χ2n) is 3.81. The van der Waals surface area contributed by atoms with Crippen molar-refractivity contribution in [1.29, 1.82) is 0 Å². The molecule has 1 aromatic heterocycles. The number of hydrogen-bond acceptors (Lipinski definition) is 2. The van der Waals surface area contributed by atoms with Crippen molar-refractivity contribution < 1.29 is 18.0 Å². The summed E-state index contributed by atoms with van der Waals surface area (Å²) in [7, 11) is 0. The second kappa shape index (κ2) is 5.29. The topological polar surface area (TPSA) is 30.0 Å². The molecule has 1 aromatic rings. The highest BCUT2D eigenvalue weighted by atomic mass is 19.4. The van der Waals surface area contributed by atoms with E-state index in [9.17, 15) is 18.0 Å². The van der Waals surface area contributed by atoms with Gasteiger partial charge in [0.15, 0.2) is 5.78 Å². The zero-order chi connectivity index (χ0) is 13.1. The first-order valence-electron chi connectivity index (χ1n) is 5.47. The molecule has 0 unspecified atom stereocenters. The largest absolute Gasteiger partial charge is 0.417 e. The highest BCUT2D eigenvalue weighted by molar-refractivity contribution is 5.96. The van der Waals surface area contributed by atoms with Crippen molar-refractivity contribution in [3.05, 3.63) is 29.6 Å². The second-order valence-corrected chi connectivity index (χ2v) is 3.81. The lowest BCUT2D eigenvalue weighted by atomic mass is 9.95. The van der Waals surface area contributed by atoms with Gasteiger partial charge in [-0.2, -0.15) is 13.2 Å². The molecule has 1 rings (SSSR count). The van der Waals surface area contributed by atoms with Gasteiger partial charge in [0.05, 0.1) is 5.56 Å². The Morgan fingerprint density at radius 1 is 1.29 bits per heavy atom. The fourth-order valence-electron chi connectivity index (χ4n) is 1.58. The van der Waals surface area contributed by atoms with Crippen molar-refractivity contribution in [2.24, 2.45) is 5.92 Å². The fourth-order valence-corrected chi connectivity index (χ4v) is 1.58. The normalized spacial score (nSPS) is 11.9. The number of carbonyl (C=O) groups excluding carboxylic acids is 1. The van der Waals surface area contributed by atoms with E-state index in [0.29, 0.717) is 19.0 Å². The molecule has 0 saturated carbocycles. The summed E-state index contributed by atoms with van der Waals surface area (Å²) in [5, 5.41) is 0. The number of ketones is 1. The van der Waals surface area contributed by atoms with E-state index in [1.54, 1.807) is 0 Å². The van der Waals surface area contributed by atoms with Crippen molar-refractivity contribution in [3.8, 4) is 0 Å². The van der Waals surface area contributed by atoms with Crippen LogP contribution in [0.15, 0.2) is 18.3 Å². The van der Waals surface area contributed by atoms with Crippen molar-refractivity contribution in [2.45, 2.75) is 32.9 Å². The van der Waals surface area contributed by atoms with Crippen LogP contribution in [0.1, 0.15) is 42.7 Å². The van der Waals surface area contributed by atoms with Crippen LogP contribution in [0.5, 0.6) is 0 Å². The molecule has 0 aliphatic carbocycles.